The number of carbonyl (C=O) groups excluding carboxylic acids is 1. The Morgan fingerprint density at radius 1 is 1.11 bits per heavy atom. The van der Waals surface area contributed by atoms with Crippen LogP contribution in [-0.4, -0.2) is 25.0 Å². The summed E-state index contributed by atoms with van der Waals surface area (Å²) < 4.78 is 8.52. The van der Waals surface area contributed by atoms with Crippen LogP contribution in [0.4, 0.5) is 11.6 Å². The largest absolute Gasteiger partial charge is 0.457 e. The number of ether oxygens (including phenoxy) is 1. The summed E-state index contributed by atoms with van der Waals surface area (Å²) in [5.74, 6) is 0.892. The number of rotatable bonds is 8. The van der Waals surface area contributed by atoms with Crippen molar-refractivity contribution in [3.05, 3.63) is 69.3 Å². The minimum absolute atomic E-state index is 0.109. The number of primary amides is 1. The molecular weight excluding hydrogens is 460 g/mol. The second-order valence-corrected chi connectivity index (χ2v) is 9.96. The predicted molar refractivity (Wildman–Crippen MR) is 137 cm³/mol. The van der Waals surface area contributed by atoms with Gasteiger partial charge in [0.2, 0.25) is 5.95 Å². The van der Waals surface area contributed by atoms with E-state index in [-0.39, 0.29) is 23.9 Å². The molecule has 0 atom stereocenters. The van der Waals surface area contributed by atoms with Crippen LogP contribution in [0.3, 0.4) is 0 Å². The lowest BCUT2D eigenvalue weighted by atomic mass is 9.73. The van der Waals surface area contributed by atoms with E-state index in [2.05, 4.69) is 29.1 Å². The highest BCUT2D eigenvalue weighted by molar-refractivity contribution is 5.91. The number of hydrogen-bond acceptors (Lipinski definition) is 7. The number of nitrogens with two attached hydrogens (primary N) is 1. The highest BCUT2D eigenvalue weighted by Gasteiger charge is 2.28. The first kappa shape index (κ1) is 25.2. The van der Waals surface area contributed by atoms with Crippen LogP contribution in [0.25, 0.3) is 0 Å². The SMILES string of the molecule is CCn1c(=O)nc(Nc2ccc(Oc3ccnc(C(N)=O)c3)cc2)n(CC2CCC(C)(C)CC2)c1=O. The molecule has 1 saturated carbocycles. The van der Waals surface area contributed by atoms with Crippen molar-refractivity contribution >= 4 is 17.5 Å². The molecule has 2 heterocycles. The van der Waals surface area contributed by atoms with E-state index in [1.54, 1.807) is 41.8 Å². The molecule has 2 aromatic heterocycles. The van der Waals surface area contributed by atoms with E-state index in [0.29, 0.717) is 35.1 Å². The fraction of sp³-hybridized carbons (Fsp3) is 0.423. The standard InChI is InChI=1S/C26H32N6O4/c1-4-31-24(34)30-23(32(25(31)35)16-17-9-12-26(2,3)13-10-17)29-18-5-7-19(8-6-18)36-20-11-14-28-21(15-20)22(27)33/h5-8,11,14-15,17H,4,9-10,12-13,16H2,1-3H3,(H2,27,33)(H,29,30,34). The van der Waals surface area contributed by atoms with Crippen LogP contribution in [0, 0.1) is 11.3 Å². The summed E-state index contributed by atoms with van der Waals surface area (Å²) in [7, 11) is 0. The molecule has 10 heteroatoms. The van der Waals surface area contributed by atoms with Crippen LogP contribution >= 0.6 is 0 Å². The van der Waals surface area contributed by atoms with E-state index in [4.69, 9.17) is 10.5 Å². The zero-order chi connectivity index (χ0) is 25.9. The molecule has 190 valence electrons. The summed E-state index contributed by atoms with van der Waals surface area (Å²) in [6.07, 6.45) is 5.72. The third-order valence-corrected chi connectivity index (χ3v) is 6.70. The summed E-state index contributed by atoms with van der Waals surface area (Å²) in [6.45, 7) is 7.09. The highest BCUT2D eigenvalue weighted by Crippen LogP contribution is 2.38. The molecule has 1 aliphatic rings. The molecule has 4 rings (SSSR count). The summed E-state index contributed by atoms with van der Waals surface area (Å²) in [6, 6.07) is 10.1. The van der Waals surface area contributed by atoms with Gasteiger partial charge in [-0.3, -0.25) is 14.3 Å². The zero-order valence-electron chi connectivity index (χ0n) is 20.9. The van der Waals surface area contributed by atoms with Gasteiger partial charge < -0.3 is 15.8 Å². The fourth-order valence-corrected chi connectivity index (χ4v) is 4.44. The van der Waals surface area contributed by atoms with Crippen LogP contribution < -0.4 is 27.2 Å². The van der Waals surface area contributed by atoms with E-state index < -0.39 is 11.6 Å². The van der Waals surface area contributed by atoms with Gasteiger partial charge >= 0.3 is 11.4 Å². The van der Waals surface area contributed by atoms with Gasteiger partial charge in [0.25, 0.3) is 5.91 Å². The lowest BCUT2D eigenvalue weighted by Gasteiger charge is -2.34. The number of nitrogens with zero attached hydrogens (tertiary/aromatic N) is 4. The summed E-state index contributed by atoms with van der Waals surface area (Å²) in [4.78, 5) is 45.1. The normalized spacial score (nSPS) is 15.4. The number of aromatic nitrogens is 4. The first-order valence-corrected chi connectivity index (χ1v) is 12.2. The lowest BCUT2D eigenvalue weighted by molar-refractivity contribution is 0.0995. The van der Waals surface area contributed by atoms with Gasteiger partial charge in [-0.15, -0.1) is 0 Å². The van der Waals surface area contributed by atoms with Crippen molar-refractivity contribution in [2.45, 2.75) is 59.5 Å². The van der Waals surface area contributed by atoms with Gasteiger partial charge in [-0.2, -0.15) is 4.98 Å². The van der Waals surface area contributed by atoms with Gasteiger partial charge in [-0.05, 0) is 74.3 Å². The van der Waals surface area contributed by atoms with Gasteiger partial charge in [-0.25, -0.2) is 14.2 Å². The Bertz CT molecular complexity index is 1350. The van der Waals surface area contributed by atoms with E-state index in [9.17, 15) is 14.4 Å². The van der Waals surface area contributed by atoms with Crippen molar-refractivity contribution in [3.8, 4) is 11.5 Å². The van der Waals surface area contributed by atoms with Gasteiger partial charge in [0.05, 0.1) is 0 Å². The molecule has 3 N–H and O–H groups in total. The van der Waals surface area contributed by atoms with E-state index in [0.717, 1.165) is 30.3 Å². The van der Waals surface area contributed by atoms with E-state index in [1.165, 1.54) is 12.3 Å². The summed E-state index contributed by atoms with van der Waals surface area (Å²) in [5, 5.41) is 3.14. The molecule has 1 fully saturated rings. The van der Waals surface area contributed by atoms with Gasteiger partial charge in [0, 0.05) is 31.0 Å². The highest BCUT2D eigenvalue weighted by atomic mass is 16.5. The molecule has 0 radical (unpaired) electrons. The Morgan fingerprint density at radius 3 is 2.44 bits per heavy atom. The molecule has 36 heavy (non-hydrogen) atoms. The second kappa shape index (κ2) is 10.3. The topological polar surface area (TPSA) is 134 Å². The monoisotopic (exact) mass is 492 g/mol. The fourth-order valence-electron chi connectivity index (χ4n) is 4.44. The molecule has 1 amide bonds. The van der Waals surface area contributed by atoms with Crippen molar-refractivity contribution < 1.29 is 9.53 Å². The molecule has 0 aliphatic heterocycles. The molecule has 0 unspecified atom stereocenters. The Morgan fingerprint density at radius 2 is 1.81 bits per heavy atom. The first-order valence-electron chi connectivity index (χ1n) is 12.2. The van der Waals surface area contributed by atoms with Gasteiger partial charge in [-0.1, -0.05) is 13.8 Å². The number of pyridine rings is 1. The van der Waals surface area contributed by atoms with Crippen molar-refractivity contribution in [2.24, 2.45) is 17.1 Å². The number of anilines is 2. The quantitative estimate of drug-likeness (QED) is 0.490. The Balaban J connectivity index is 1.55. The number of amides is 1. The molecule has 0 spiro atoms. The van der Waals surface area contributed by atoms with Crippen molar-refractivity contribution in [1.29, 1.82) is 0 Å². The second-order valence-electron chi connectivity index (χ2n) is 9.96. The molecule has 10 nitrogen and oxygen atoms in total. The Hall–Kier alpha value is -3.95. The average molecular weight is 493 g/mol. The maximum atomic E-state index is 13.2. The minimum atomic E-state index is -0.638. The summed E-state index contributed by atoms with van der Waals surface area (Å²) >= 11 is 0. The number of benzene rings is 1. The van der Waals surface area contributed by atoms with Crippen LogP contribution in [0.15, 0.2) is 52.2 Å². The van der Waals surface area contributed by atoms with Crippen LogP contribution in [-0.2, 0) is 13.1 Å². The maximum absolute atomic E-state index is 13.2. The van der Waals surface area contributed by atoms with E-state index in [1.807, 2.05) is 0 Å². The first-order chi connectivity index (χ1) is 17.1. The van der Waals surface area contributed by atoms with Gasteiger partial charge in [0.15, 0.2) is 0 Å². The van der Waals surface area contributed by atoms with Crippen LogP contribution in [0.1, 0.15) is 56.9 Å². The molecule has 0 saturated heterocycles. The third kappa shape index (κ3) is 5.81. The minimum Gasteiger partial charge on any atom is -0.457 e. The number of nitrogens with one attached hydrogen (secondary N) is 1. The van der Waals surface area contributed by atoms with Crippen LogP contribution in [0.2, 0.25) is 0 Å². The molecule has 1 aromatic carbocycles. The van der Waals surface area contributed by atoms with Crippen molar-refractivity contribution in [1.82, 2.24) is 19.1 Å². The zero-order valence-corrected chi connectivity index (χ0v) is 20.9. The van der Waals surface area contributed by atoms with Crippen molar-refractivity contribution in [3.63, 3.8) is 0 Å². The molecule has 0 bridgehead atoms. The number of hydrogen-bond donors (Lipinski definition) is 2. The lowest BCUT2D eigenvalue weighted by Crippen LogP contribution is -2.43. The summed E-state index contributed by atoms with van der Waals surface area (Å²) in [5.41, 5.74) is 5.42. The van der Waals surface area contributed by atoms with Gasteiger partial charge in [0.1, 0.15) is 17.2 Å². The average Bonchev–Trinajstić information content (AvgIpc) is 2.84. The molecular formula is C26H32N6O4. The molecule has 1 aliphatic carbocycles. The Labute approximate surface area is 209 Å². The van der Waals surface area contributed by atoms with E-state index >= 15 is 0 Å². The molecule has 3 aromatic rings. The number of carbonyl (C=O) groups is 1. The van der Waals surface area contributed by atoms with Crippen molar-refractivity contribution in [2.75, 3.05) is 5.32 Å². The smallest absolute Gasteiger partial charge is 0.354 e. The van der Waals surface area contributed by atoms with Crippen LogP contribution in [0.5, 0.6) is 11.5 Å². The third-order valence-electron chi connectivity index (χ3n) is 6.70. The predicted octanol–water partition coefficient (Wildman–Crippen LogP) is 3.67. The maximum Gasteiger partial charge on any atom is 0.354 e. The Kier molecular flexibility index (Phi) is 7.23.